The number of hydrogen-bond acceptors (Lipinski definition) is 5. The molecule has 19 heavy (non-hydrogen) atoms. The highest BCUT2D eigenvalue weighted by molar-refractivity contribution is 6.02. The van der Waals surface area contributed by atoms with Crippen molar-refractivity contribution in [3.8, 4) is 0 Å². The van der Waals surface area contributed by atoms with Crippen molar-refractivity contribution in [1.29, 1.82) is 0 Å². The van der Waals surface area contributed by atoms with Crippen LogP contribution in [0.1, 0.15) is 32.5 Å². The summed E-state index contributed by atoms with van der Waals surface area (Å²) in [5.41, 5.74) is 0.500. The van der Waals surface area contributed by atoms with Crippen LogP contribution in [0.2, 0.25) is 0 Å². The van der Waals surface area contributed by atoms with Crippen LogP contribution in [0, 0.1) is 13.8 Å². The zero-order valence-electron chi connectivity index (χ0n) is 10.3. The molecule has 0 saturated carbocycles. The van der Waals surface area contributed by atoms with E-state index in [9.17, 15) is 9.59 Å². The van der Waals surface area contributed by atoms with Gasteiger partial charge >= 0.3 is 5.97 Å². The number of carboxylic acids is 1. The Kier molecular flexibility index (Phi) is 3.28. The van der Waals surface area contributed by atoms with E-state index in [4.69, 9.17) is 9.52 Å². The SMILES string of the molecule is Cc1nc(C)c(C(=O)Nc2cc(C(=O)O)ccn2)o1. The second kappa shape index (κ2) is 4.89. The number of pyridine rings is 1. The molecule has 0 spiro atoms. The number of nitrogens with zero attached hydrogens (tertiary/aromatic N) is 2. The first-order valence-electron chi connectivity index (χ1n) is 5.42. The van der Waals surface area contributed by atoms with E-state index in [-0.39, 0.29) is 17.1 Å². The summed E-state index contributed by atoms with van der Waals surface area (Å²) in [6.45, 7) is 3.28. The molecule has 98 valence electrons. The molecule has 0 saturated heterocycles. The number of aromatic nitrogens is 2. The molecule has 0 aliphatic heterocycles. The average Bonchev–Trinajstić information content (AvgIpc) is 2.69. The summed E-state index contributed by atoms with van der Waals surface area (Å²) >= 11 is 0. The van der Waals surface area contributed by atoms with Gasteiger partial charge in [-0.1, -0.05) is 0 Å². The van der Waals surface area contributed by atoms with Gasteiger partial charge < -0.3 is 14.8 Å². The Bertz CT molecular complexity index is 648. The van der Waals surface area contributed by atoms with E-state index in [1.807, 2.05) is 0 Å². The maximum absolute atomic E-state index is 11.9. The molecule has 0 atom stereocenters. The predicted molar refractivity (Wildman–Crippen MR) is 65.1 cm³/mol. The topological polar surface area (TPSA) is 105 Å². The number of oxazole rings is 1. The third-order valence-electron chi connectivity index (χ3n) is 2.36. The van der Waals surface area contributed by atoms with Gasteiger partial charge in [-0.3, -0.25) is 4.79 Å². The molecule has 2 N–H and O–H groups in total. The molecule has 2 heterocycles. The maximum Gasteiger partial charge on any atom is 0.335 e. The van der Waals surface area contributed by atoms with Gasteiger partial charge in [0.1, 0.15) is 5.82 Å². The first-order chi connectivity index (χ1) is 8.97. The van der Waals surface area contributed by atoms with Gasteiger partial charge in [0.2, 0.25) is 5.76 Å². The number of carbonyl (C=O) groups excluding carboxylic acids is 1. The maximum atomic E-state index is 11.9. The van der Waals surface area contributed by atoms with Crippen LogP contribution in [-0.4, -0.2) is 27.0 Å². The van der Waals surface area contributed by atoms with Crippen molar-refractivity contribution in [1.82, 2.24) is 9.97 Å². The highest BCUT2D eigenvalue weighted by Crippen LogP contribution is 2.13. The molecule has 2 aromatic heterocycles. The lowest BCUT2D eigenvalue weighted by atomic mass is 10.2. The second-order valence-corrected chi connectivity index (χ2v) is 3.84. The zero-order chi connectivity index (χ0) is 14.0. The number of aromatic carboxylic acids is 1. The Morgan fingerprint density at radius 2 is 2.11 bits per heavy atom. The third-order valence-corrected chi connectivity index (χ3v) is 2.36. The summed E-state index contributed by atoms with van der Waals surface area (Å²) in [7, 11) is 0. The summed E-state index contributed by atoms with van der Waals surface area (Å²) in [5.74, 6) is -1.01. The summed E-state index contributed by atoms with van der Waals surface area (Å²) in [5, 5.41) is 11.3. The minimum Gasteiger partial charge on any atom is -0.478 e. The van der Waals surface area contributed by atoms with Crippen LogP contribution in [-0.2, 0) is 0 Å². The quantitative estimate of drug-likeness (QED) is 0.870. The number of anilines is 1. The van der Waals surface area contributed by atoms with Crippen molar-refractivity contribution in [2.24, 2.45) is 0 Å². The predicted octanol–water partition coefficient (Wildman–Crippen LogP) is 1.64. The fourth-order valence-corrected chi connectivity index (χ4v) is 1.55. The van der Waals surface area contributed by atoms with Gasteiger partial charge in [-0.15, -0.1) is 0 Å². The van der Waals surface area contributed by atoms with Crippen molar-refractivity contribution < 1.29 is 19.1 Å². The Morgan fingerprint density at radius 1 is 1.37 bits per heavy atom. The summed E-state index contributed by atoms with van der Waals surface area (Å²) in [6, 6.07) is 2.60. The van der Waals surface area contributed by atoms with E-state index in [0.717, 1.165) is 0 Å². The molecular formula is C12H11N3O4. The van der Waals surface area contributed by atoms with E-state index in [1.165, 1.54) is 18.3 Å². The van der Waals surface area contributed by atoms with Crippen LogP contribution in [0.4, 0.5) is 5.82 Å². The van der Waals surface area contributed by atoms with Gasteiger partial charge in [0.15, 0.2) is 5.89 Å². The number of hydrogen-bond donors (Lipinski definition) is 2. The molecule has 7 heteroatoms. The molecule has 2 rings (SSSR count). The van der Waals surface area contributed by atoms with E-state index in [1.54, 1.807) is 13.8 Å². The van der Waals surface area contributed by atoms with Gasteiger partial charge in [-0.25, -0.2) is 14.8 Å². The van der Waals surface area contributed by atoms with Crippen LogP contribution in [0.5, 0.6) is 0 Å². The average molecular weight is 261 g/mol. The fraction of sp³-hybridized carbons (Fsp3) is 0.167. The van der Waals surface area contributed by atoms with Crippen molar-refractivity contribution in [2.75, 3.05) is 5.32 Å². The molecule has 0 aliphatic rings. The minimum atomic E-state index is -1.09. The van der Waals surface area contributed by atoms with E-state index >= 15 is 0 Å². The van der Waals surface area contributed by atoms with Crippen LogP contribution in [0.25, 0.3) is 0 Å². The van der Waals surface area contributed by atoms with Crippen LogP contribution in [0.3, 0.4) is 0 Å². The highest BCUT2D eigenvalue weighted by atomic mass is 16.4. The normalized spacial score (nSPS) is 10.2. The fourth-order valence-electron chi connectivity index (χ4n) is 1.55. The largest absolute Gasteiger partial charge is 0.478 e. The molecule has 0 unspecified atom stereocenters. The van der Waals surface area contributed by atoms with Crippen molar-refractivity contribution in [3.05, 3.63) is 41.2 Å². The summed E-state index contributed by atoms with van der Waals surface area (Å²) in [6.07, 6.45) is 1.30. The number of rotatable bonds is 3. The second-order valence-electron chi connectivity index (χ2n) is 3.84. The van der Waals surface area contributed by atoms with Gasteiger partial charge in [-0.2, -0.15) is 0 Å². The first kappa shape index (κ1) is 12.7. The van der Waals surface area contributed by atoms with Gasteiger partial charge in [0.25, 0.3) is 5.91 Å². The molecule has 0 aromatic carbocycles. The summed E-state index contributed by atoms with van der Waals surface area (Å²) in [4.78, 5) is 30.5. The molecule has 1 amide bonds. The van der Waals surface area contributed by atoms with Gasteiger partial charge in [0.05, 0.1) is 11.3 Å². The Labute approximate surface area is 108 Å². The highest BCUT2D eigenvalue weighted by Gasteiger charge is 2.16. The molecule has 0 aliphatic carbocycles. The smallest absolute Gasteiger partial charge is 0.335 e. The molecule has 7 nitrogen and oxygen atoms in total. The van der Waals surface area contributed by atoms with E-state index in [0.29, 0.717) is 11.6 Å². The number of amides is 1. The number of carbonyl (C=O) groups is 2. The lowest BCUT2D eigenvalue weighted by Gasteiger charge is -2.03. The van der Waals surface area contributed by atoms with E-state index < -0.39 is 11.9 Å². The van der Waals surface area contributed by atoms with Crippen molar-refractivity contribution >= 4 is 17.7 Å². The Balaban J connectivity index is 2.21. The lowest BCUT2D eigenvalue weighted by Crippen LogP contribution is -2.14. The molecule has 0 radical (unpaired) electrons. The molecule has 0 bridgehead atoms. The zero-order valence-corrected chi connectivity index (χ0v) is 10.3. The summed E-state index contributed by atoms with van der Waals surface area (Å²) < 4.78 is 5.16. The third kappa shape index (κ3) is 2.76. The van der Waals surface area contributed by atoms with Crippen molar-refractivity contribution in [2.45, 2.75) is 13.8 Å². The lowest BCUT2D eigenvalue weighted by molar-refractivity contribution is 0.0696. The first-order valence-corrected chi connectivity index (χ1v) is 5.42. The molecular weight excluding hydrogens is 250 g/mol. The number of carboxylic acid groups (broad SMARTS) is 1. The Morgan fingerprint density at radius 3 is 2.68 bits per heavy atom. The van der Waals surface area contributed by atoms with E-state index in [2.05, 4.69) is 15.3 Å². The number of nitrogens with one attached hydrogen (secondary N) is 1. The van der Waals surface area contributed by atoms with Gasteiger partial charge in [-0.05, 0) is 19.1 Å². The number of aryl methyl sites for hydroxylation is 2. The van der Waals surface area contributed by atoms with Crippen molar-refractivity contribution in [3.63, 3.8) is 0 Å². The molecule has 0 fully saturated rings. The van der Waals surface area contributed by atoms with Crippen LogP contribution < -0.4 is 5.32 Å². The standard InChI is InChI=1S/C12H11N3O4/c1-6-10(19-7(2)14-6)11(16)15-9-5-8(12(17)18)3-4-13-9/h3-5H,1-2H3,(H,17,18)(H,13,15,16). The van der Waals surface area contributed by atoms with Gasteiger partial charge in [0, 0.05) is 13.1 Å². The monoisotopic (exact) mass is 261 g/mol. The Hall–Kier alpha value is -2.70. The van der Waals surface area contributed by atoms with Crippen LogP contribution >= 0.6 is 0 Å². The van der Waals surface area contributed by atoms with Crippen LogP contribution in [0.15, 0.2) is 22.7 Å². The molecule has 2 aromatic rings. The minimum absolute atomic E-state index is 0.0378.